The second-order valence-corrected chi connectivity index (χ2v) is 6.40. The molecule has 8 heteroatoms. The van der Waals surface area contributed by atoms with Gasteiger partial charge in [0.2, 0.25) is 0 Å². The lowest BCUT2D eigenvalue weighted by molar-refractivity contribution is 0.140. The number of alkyl halides is 2. The third kappa shape index (κ3) is 5.30. The van der Waals surface area contributed by atoms with Crippen LogP contribution < -0.4 is 10.6 Å². The smallest absolute Gasteiger partial charge is 0.407 e. The fourth-order valence-electron chi connectivity index (χ4n) is 2.04. The number of ether oxygens (including phenoxy) is 1. The second-order valence-electron chi connectivity index (χ2n) is 5.65. The lowest BCUT2D eigenvalue weighted by Crippen LogP contribution is -2.42. The molecule has 2 rings (SSSR count). The molecule has 1 amide bonds. The van der Waals surface area contributed by atoms with Gasteiger partial charge in [-0.3, -0.25) is 0 Å². The first-order valence-corrected chi connectivity index (χ1v) is 8.37. The summed E-state index contributed by atoms with van der Waals surface area (Å²) in [4.78, 5) is 15.6. The van der Waals surface area contributed by atoms with Crippen molar-refractivity contribution in [1.82, 2.24) is 10.3 Å². The topological polar surface area (TPSA) is 63.2 Å². The van der Waals surface area contributed by atoms with Crippen molar-refractivity contribution in [3.05, 3.63) is 22.4 Å². The van der Waals surface area contributed by atoms with Gasteiger partial charge in [0.1, 0.15) is 4.60 Å². The van der Waals surface area contributed by atoms with Gasteiger partial charge in [0.05, 0.1) is 29.6 Å². The molecule has 1 saturated carbocycles. The number of nitrogens with zero attached hydrogens (tertiary/aromatic N) is 1. The van der Waals surface area contributed by atoms with E-state index in [2.05, 4.69) is 31.5 Å². The van der Waals surface area contributed by atoms with Gasteiger partial charge in [0.15, 0.2) is 0 Å². The molecule has 128 valence electrons. The average molecular weight is 392 g/mol. The first-order chi connectivity index (χ1) is 11.0. The lowest BCUT2D eigenvalue weighted by Gasteiger charge is -2.19. The second kappa shape index (κ2) is 7.90. The summed E-state index contributed by atoms with van der Waals surface area (Å²) in [5.41, 5.74) is -0.0239. The molecule has 0 aliphatic heterocycles. The van der Waals surface area contributed by atoms with E-state index >= 15 is 0 Å². The van der Waals surface area contributed by atoms with Crippen LogP contribution in [-0.4, -0.2) is 29.8 Å². The van der Waals surface area contributed by atoms with Crippen LogP contribution in [0.15, 0.2) is 16.9 Å². The van der Waals surface area contributed by atoms with E-state index in [4.69, 9.17) is 4.74 Å². The number of anilines is 1. The predicted molar refractivity (Wildman–Crippen MR) is 86.7 cm³/mol. The summed E-state index contributed by atoms with van der Waals surface area (Å²) < 4.78 is 30.9. The number of rotatable bonds is 8. The Labute approximate surface area is 142 Å². The number of amides is 1. The SMILES string of the molecule is CCCCOC(=O)NC1(CNc2cnc(Br)c(C(F)F)c2)CC1. The summed E-state index contributed by atoms with van der Waals surface area (Å²) in [5, 5.41) is 5.90. The lowest BCUT2D eigenvalue weighted by atomic mass is 10.2. The highest BCUT2D eigenvalue weighted by Crippen LogP contribution is 2.36. The standard InChI is InChI=1S/C15H20BrF2N3O2/c1-2-3-6-23-14(22)21-15(4-5-15)9-20-10-7-11(13(17)18)12(16)19-8-10/h7-8,13,20H,2-6,9H2,1H3,(H,21,22). The van der Waals surface area contributed by atoms with Gasteiger partial charge in [0, 0.05) is 6.54 Å². The van der Waals surface area contributed by atoms with Crippen molar-refractivity contribution >= 4 is 27.7 Å². The Hall–Kier alpha value is -1.44. The Morgan fingerprint density at radius 1 is 1.52 bits per heavy atom. The highest BCUT2D eigenvalue weighted by molar-refractivity contribution is 9.10. The molecular weight excluding hydrogens is 372 g/mol. The summed E-state index contributed by atoms with van der Waals surface area (Å²) in [7, 11) is 0. The third-order valence-electron chi connectivity index (χ3n) is 3.68. The Bertz CT molecular complexity index is 554. The zero-order chi connectivity index (χ0) is 16.9. The zero-order valence-corrected chi connectivity index (χ0v) is 14.5. The monoisotopic (exact) mass is 391 g/mol. The summed E-state index contributed by atoms with van der Waals surface area (Å²) in [6.45, 7) is 2.87. The molecule has 1 fully saturated rings. The number of aromatic nitrogens is 1. The highest BCUT2D eigenvalue weighted by Gasteiger charge is 2.44. The fourth-order valence-corrected chi connectivity index (χ4v) is 2.43. The minimum atomic E-state index is -2.60. The minimum absolute atomic E-state index is 0.136. The molecule has 0 radical (unpaired) electrons. The number of halogens is 3. The van der Waals surface area contributed by atoms with Crippen LogP contribution in [0.25, 0.3) is 0 Å². The number of nitrogens with one attached hydrogen (secondary N) is 2. The molecule has 1 aliphatic rings. The molecule has 0 bridgehead atoms. The Morgan fingerprint density at radius 2 is 2.26 bits per heavy atom. The molecule has 0 atom stereocenters. The van der Waals surface area contributed by atoms with Crippen LogP contribution >= 0.6 is 15.9 Å². The normalized spacial score (nSPS) is 15.3. The molecule has 0 aromatic carbocycles. The molecule has 23 heavy (non-hydrogen) atoms. The molecule has 1 aromatic heterocycles. The molecular formula is C15H20BrF2N3O2. The maximum Gasteiger partial charge on any atom is 0.407 e. The van der Waals surface area contributed by atoms with E-state index in [-0.39, 0.29) is 15.7 Å². The van der Waals surface area contributed by atoms with Crippen molar-refractivity contribution in [2.75, 3.05) is 18.5 Å². The number of carbonyl (C=O) groups is 1. The number of unbranched alkanes of at least 4 members (excludes halogenated alkanes) is 1. The maximum absolute atomic E-state index is 12.8. The summed E-state index contributed by atoms with van der Waals surface area (Å²) in [6.07, 6.45) is 1.90. The number of alkyl carbamates (subject to hydrolysis) is 1. The van der Waals surface area contributed by atoms with Crippen LogP contribution in [0, 0.1) is 0 Å². The van der Waals surface area contributed by atoms with Crippen molar-refractivity contribution in [2.45, 2.75) is 44.6 Å². The molecule has 0 spiro atoms. The van der Waals surface area contributed by atoms with Crippen molar-refractivity contribution in [3.8, 4) is 0 Å². The van der Waals surface area contributed by atoms with Crippen LogP contribution in [0.2, 0.25) is 0 Å². The largest absolute Gasteiger partial charge is 0.450 e. The van der Waals surface area contributed by atoms with Gasteiger partial charge in [-0.2, -0.15) is 0 Å². The summed E-state index contributed by atoms with van der Waals surface area (Å²) in [6, 6.07) is 1.36. The Balaban J connectivity index is 1.85. The van der Waals surface area contributed by atoms with E-state index in [0.717, 1.165) is 25.7 Å². The molecule has 2 N–H and O–H groups in total. The Kier molecular flexibility index (Phi) is 6.15. The van der Waals surface area contributed by atoms with Crippen molar-refractivity contribution in [3.63, 3.8) is 0 Å². The molecule has 1 aliphatic carbocycles. The van der Waals surface area contributed by atoms with Gasteiger partial charge in [-0.1, -0.05) is 13.3 Å². The summed E-state index contributed by atoms with van der Waals surface area (Å²) in [5.74, 6) is 0. The van der Waals surface area contributed by atoms with Crippen LogP contribution in [0.1, 0.15) is 44.6 Å². The number of carbonyl (C=O) groups excluding carboxylic acids is 1. The fraction of sp³-hybridized carbons (Fsp3) is 0.600. The van der Waals surface area contributed by atoms with E-state index in [1.54, 1.807) is 0 Å². The number of hydrogen-bond acceptors (Lipinski definition) is 4. The van der Waals surface area contributed by atoms with Crippen LogP contribution in [0.3, 0.4) is 0 Å². The average Bonchev–Trinajstić information content (AvgIpc) is 3.26. The number of pyridine rings is 1. The van der Waals surface area contributed by atoms with Crippen LogP contribution in [0.4, 0.5) is 19.3 Å². The van der Waals surface area contributed by atoms with Gasteiger partial charge in [-0.05, 0) is 41.3 Å². The van der Waals surface area contributed by atoms with E-state index in [1.807, 2.05) is 6.92 Å². The van der Waals surface area contributed by atoms with E-state index < -0.39 is 12.5 Å². The molecule has 1 aromatic rings. The quantitative estimate of drug-likeness (QED) is 0.513. The molecule has 1 heterocycles. The molecule has 0 saturated heterocycles. The van der Waals surface area contributed by atoms with Gasteiger partial charge >= 0.3 is 6.09 Å². The van der Waals surface area contributed by atoms with E-state index in [1.165, 1.54) is 12.3 Å². The minimum Gasteiger partial charge on any atom is -0.450 e. The van der Waals surface area contributed by atoms with Crippen molar-refractivity contribution < 1.29 is 18.3 Å². The van der Waals surface area contributed by atoms with Gasteiger partial charge in [-0.15, -0.1) is 0 Å². The summed E-state index contributed by atoms with van der Waals surface area (Å²) >= 11 is 3.00. The third-order valence-corrected chi connectivity index (χ3v) is 4.35. The first kappa shape index (κ1) is 17.9. The first-order valence-electron chi connectivity index (χ1n) is 7.58. The van der Waals surface area contributed by atoms with Crippen LogP contribution in [0.5, 0.6) is 0 Å². The van der Waals surface area contributed by atoms with Gasteiger partial charge < -0.3 is 15.4 Å². The van der Waals surface area contributed by atoms with Crippen molar-refractivity contribution in [2.24, 2.45) is 0 Å². The van der Waals surface area contributed by atoms with E-state index in [0.29, 0.717) is 18.8 Å². The number of hydrogen-bond donors (Lipinski definition) is 2. The van der Waals surface area contributed by atoms with Crippen LogP contribution in [-0.2, 0) is 4.74 Å². The maximum atomic E-state index is 12.8. The Morgan fingerprint density at radius 3 is 2.87 bits per heavy atom. The predicted octanol–water partition coefficient (Wildman–Crippen LogP) is 4.25. The zero-order valence-electron chi connectivity index (χ0n) is 12.9. The highest BCUT2D eigenvalue weighted by atomic mass is 79.9. The van der Waals surface area contributed by atoms with Gasteiger partial charge in [-0.25, -0.2) is 18.6 Å². The van der Waals surface area contributed by atoms with Crippen molar-refractivity contribution in [1.29, 1.82) is 0 Å². The van der Waals surface area contributed by atoms with Gasteiger partial charge in [0.25, 0.3) is 6.43 Å². The molecule has 0 unspecified atom stereocenters. The van der Waals surface area contributed by atoms with E-state index in [9.17, 15) is 13.6 Å². The molecule has 5 nitrogen and oxygen atoms in total.